The van der Waals surface area contributed by atoms with Crippen LogP contribution in [-0.2, 0) is 13.1 Å². The lowest BCUT2D eigenvalue weighted by Gasteiger charge is -2.10. The largest absolute Gasteiger partial charge is 0.467 e. The molecule has 0 aliphatic heterocycles. The van der Waals surface area contributed by atoms with Crippen molar-refractivity contribution in [2.24, 2.45) is 0 Å². The Morgan fingerprint density at radius 2 is 2.16 bits per heavy atom. The van der Waals surface area contributed by atoms with Gasteiger partial charge in [-0.05, 0) is 48.2 Å². The Kier molecular flexibility index (Phi) is 4.79. The van der Waals surface area contributed by atoms with E-state index in [1.165, 1.54) is 5.56 Å². The lowest BCUT2D eigenvalue weighted by Crippen LogP contribution is -2.26. The van der Waals surface area contributed by atoms with Gasteiger partial charge < -0.3 is 14.3 Å². The van der Waals surface area contributed by atoms with E-state index in [-0.39, 0.29) is 5.91 Å². The molecule has 0 bridgehead atoms. The van der Waals surface area contributed by atoms with Crippen LogP contribution in [0.5, 0.6) is 0 Å². The fourth-order valence-corrected chi connectivity index (χ4v) is 3.17. The molecule has 0 radical (unpaired) electrons. The molecule has 0 saturated heterocycles. The summed E-state index contributed by atoms with van der Waals surface area (Å²) in [4.78, 5) is 12.8. The number of allylic oxidation sites excluding steroid dienone is 1. The first-order valence-corrected chi connectivity index (χ1v) is 8.57. The average molecular weight is 336 g/mol. The molecule has 0 saturated carbocycles. The fraction of sp³-hybridized carbons (Fsp3) is 0.286. The van der Waals surface area contributed by atoms with Gasteiger partial charge >= 0.3 is 0 Å². The first-order chi connectivity index (χ1) is 12.0. The molecule has 25 heavy (non-hydrogen) atoms. The minimum absolute atomic E-state index is 0.0990. The number of amides is 1. The standard InChI is InChI=1S/C21H24N2O2/c1-5-10-23-19-9-8-16(14(2)3)12-18(19)15(4)20(23)21(24)22-13-17-7-6-11-25-17/h5-9,11-12,14H,1,10,13H2,2-4H3,(H,22,24). The second-order valence-electron chi connectivity index (χ2n) is 6.57. The number of carbonyl (C=O) groups is 1. The monoisotopic (exact) mass is 336 g/mol. The number of nitrogens with one attached hydrogen (secondary N) is 1. The molecule has 0 atom stereocenters. The summed E-state index contributed by atoms with van der Waals surface area (Å²) in [6.45, 7) is 11.2. The predicted octanol–water partition coefficient (Wildman–Crippen LogP) is 4.78. The summed E-state index contributed by atoms with van der Waals surface area (Å²) in [5, 5.41) is 4.07. The van der Waals surface area contributed by atoms with E-state index in [2.05, 4.69) is 43.9 Å². The summed E-state index contributed by atoms with van der Waals surface area (Å²) in [5.41, 5.74) is 4.01. The maximum absolute atomic E-state index is 12.8. The van der Waals surface area contributed by atoms with E-state index in [9.17, 15) is 4.79 Å². The zero-order chi connectivity index (χ0) is 18.0. The van der Waals surface area contributed by atoms with Crippen molar-refractivity contribution in [3.8, 4) is 0 Å². The Morgan fingerprint density at radius 3 is 2.80 bits per heavy atom. The molecular weight excluding hydrogens is 312 g/mol. The van der Waals surface area contributed by atoms with Gasteiger partial charge in [0.2, 0.25) is 0 Å². The Hall–Kier alpha value is -2.75. The number of carbonyl (C=O) groups excluding carboxylic acids is 1. The molecule has 4 nitrogen and oxygen atoms in total. The molecule has 3 rings (SSSR count). The van der Waals surface area contributed by atoms with Gasteiger partial charge in [-0.15, -0.1) is 6.58 Å². The molecule has 4 heteroatoms. The van der Waals surface area contributed by atoms with Crippen molar-refractivity contribution >= 4 is 16.8 Å². The molecule has 3 aromatic rings. The molecule has 1 aromatic carbocycles. The first kappa shape index (κ1) is 17.1. The van der Waals surface area contributed by atoms with Gasteiger partial charge in [0.1, 0.15) is 11.5 Å². The van der Waals surface area contributed by atoms with Gasteiger partial charge in [-0.25, -0.2) is 0 Å². The van der Waals surface area contributed by atoms with Gasteiger partial charge in [0.25, 0.3) is 5.91 Å². The smallest absolute Gasteiger partial charge is 0.268 e. The van der Waals surface area contributed by atoms with Crippen molar-refractivity contribution in [3.63, 3.8) is 0 Å². The summed E-state index contributed by atoms with van der Waals surface area (Å²) in [5.74, 6) is 1.08. The van der Waals surface area contributed by atoms with Crippen LogP contribution in [-0.4, -0.2) is 10.5 Å². The van der Waals surface area contributed by atoms with Crippen LogP contribution in [0.2, 0.25) is 0 Å². The van der Waals surface area contributed by atoms with E-state index in [0.29, 0.717) is 24.7 Å². The molecule has 0 aliphatic carbocycles. The molecule has 1 amide bonds. The van der Waals surface area contributed by atoms with Gasteiger partial charge in [-0.2, -0.15) is 0 Å². The molecule has 0 spiro atoms. The number of hydrogen-bond acceptors (Lipinski definition) is 2. The average Bonchev–Trinajstić information content (AvgIpc) is 3.20. The van der Waals surface area contributed by atoms with Crippen molar-refractivity contribution in [3.05, 3.63) is 71.8 Å². The third-order valence-corrected chi connectivity index (χ3v) is 4.54. The van der Waals surface area contributed by atoms with Crippen molar-refractivity contribution in [1.82, 2.24) is 9.88 Å². The van der Waals surface area contributed by atoms with E-state index in [1.54, 1.807) is 6.26 Å². The van der Waals surface area contributed by atoms with E-state index < -0.39 is 0 Å². The molecule has 0 fully saturated rings. The number of benzene rings is 1. The third kappa shape index (κ3) is 3.25. The van der Waals surface area contributed by atoms with E-state index >= 15 is 0 Å². The highest BCUT2D eigenvalue weighted by Crippen LogP contribution is 2.29. The molecular formula is C21H24N2O2. The van der Waals surface area contributed by atoms with Crippen LogP contribution in [0.3, 0.4) is 0 Å². The lowest BCUT2D eigenvalue weighted by atomic mass is 10.0. The molecule has 2 heterocycles. The van der Waals surface area contributed by atoms with Crippen molar-refractivity contribution in [1.29, 1.82) is 0 Å². The van der Waals surface area contributed by atoms with Crippen LogP contribution < -0.4 is 5.32 Å². The quantitative estimate of drug-likeness (QED) is 0.658. The van der Waals surface area contributed by atoms with Crippen LogP contribution in [0.25, 0.3) is 10.9 Å². The molecule has 0 aliphatic rings. The first-order valence-electron chi connectivity index (χ1n) is 8.57. The maximum atomic E-state index is 12.8. The minimum Gasteiger partial charge on any atom is -0.467 e. The fourth-order valence-electron chi connectivity index (χ4n) is 3.17. The van der Waals surface area contributed by atoms with Gasteiger partial charge in [0, 0.05) is 17.4 Å². The Bertz CT molecular complexity index is 902. The van der Waals surface area contributed by atoms with Crippen molar-refractivity contribution in [2.75, 3.05) is 0 Å². The zero-order valence-electron chi connectivity index (χ0n) is 15.0. The van der Waals surface area contributed by atoms with Crippen LogP contribution in [0.1, 0.15) is 47.1 Å². The normalized spacial score (nSPS) is 11.2. The number of fused-ring (bicyclic) bond motifs is 1. The van der Waals surface area contributed by atoms with Gasteiger partial charge in [0.05, 0.1) is 12.8 Å². The maximum Gasteiger partial charge on any atom is 0.268 e. The summed E-state index contributed by atoms with van der Waals surface area (Å²) in [6.07, 6.45) is 3.42. The Morgan fingerprint density at radius 1 is 1.36 bits per heavy atom. The van der Waals surface area contributed by atoms with Gasteiger partial charge in [-0.1, -0.05) is 26.0 Å². The zero-order valence-corrected chi connectivity index (χ0v) is 15.0. The number of nitrogens with zero attached hydrogens (tertiary/aromatic N) is 1. The van der Waals surface area contributed by atoms with Crippen molar-refractivity contribution in [2.45, 2.75) is 39.8 Å². The highest BCUT2D eigenvalue weighted by molar-refractivity contribution is 6.01. The van der Waals surface area contributed by atoms with Crippen LogP contribution in [0.4, 0.5) is 0 Å². The van der Waals surface area contributed by atoms with Gasteiger partial charge in [0.15, 0.2) is 0 Å². The summed E-state index contributed by atoms with van der Waals surface area (Å²) < 4.78 is 7.32. The van der Waals surface area contributed by atoms with Crippen LogP contribution >= 0.6 is 0 Å². The van der Waals surface area contributed by atoms with Gasteiger partial charge in [-0.3, -0.25) is 4.79 Å². The molecule has 2 aromatic heterocycles. The SMILES string of the molecule is C=CCn1c(C(=O)NCc2ccco2)c(C)c2cc(C(C)C)ccc21. The van der Waals surface area contributed by atoms with Crippen LogP contribution in [0.15, 0.2) is 53.7 Å². The number of aryl methyl sites for hydroxylation is 1. The molecule has 1 N–H and O–H groups in total. The highest BCUT2D eigenvalue weighted by Gasteiger charge is 2.20. The topological polar surface area (TPSA) is 47.2 Å². The third-order valence-electron chi connectivity index (χ3n) is 4.54. The molecule has 130 valence electrons. The number of furan rings is 1. The second-order valence-corrected chi connectivity index (χ2v) is 6.57. The highest BCUT2D eigenvalue weighted by atomic mass is 16.3. The minimum atomic E-state index is -0.0990. The number of rotatable bonds is 6. The van der Waals surface area contributed by atoms with Crippen molar-refractivity contribution < 1.29 is 9.21 Å². The molecule has 0 unspecified atom stereocenters. The van der Waals surface area contributed by atoms with E-state index in [1.807, 2.05) is 29.7 Å². The summed E-state index contributed by atoms with van der Waals surface area (Å²) >= 11 is 0. The Labute approximate surface area is 148 Å². The van der Waals surface area contributed by atoms with E-state index in [4.69, 9.17) is 4.42 Å². The summed E-state index contributed by atoms with van der Waals surface area (Å²) in [7, 11) is 0. The Balaban J connectivity index is 2.02. The van der Waals surface area contributed by atoms with E-state index in [0.717, 1.165) is 22.2 Å². The number of hydrogen-bond donors (Lipinski definition) is 1. The number of aromatic nitrogens is 1. The lowest BCUT2D eigenvalue weighted by molar-refractivity contribution is 0.0939. The van der Waals surface area contributed by atoms with Crippen LogP contribution in [0, 0.1) is 6.92 Å². The summed E-state index contributed by atoms with van der Waals surface area (Å²) in [6, 6.07) is 10.1. The predicted molar refractivity (Wildman–Crippen MR) is 101 cm³/mol. The second kappa shape index (κ2) is 7.01.